The van der Waals surface area contributed by atoms with Crippen LogP contribution >= 0.6 is 11.3 Å². The molecule has 2 aliphatic rings. The average Bonchev–Trinajstić information content (AvgIpc) is 3.33. The van der Waals surface area contributed by atoms with Gasteiger partial charge in [0.1, 0.15) is 17.7 Å². The van der Waals surface area contributed by atoms with Crippen LogP contribution in [0.15, 0.2) is 40.6 Å². The third-order valence-corrected chi connectivity index (χ3v) is 8.66. The first-order chi connectivity index (χ1) is 15.3. The van der Waals surface area contributed by atoms with Crippen molar-refractivity contribution in [1.29, 1.82) is 0 Å². The fourth-order valence-electron chi connectivity index (χ4n) is 4.19. The zero-order valence-electron chi connectivity index (χ0n) is 17.2. The fraction of sp³-hybridized carbons (Fsp3) is 0.429. The molecule has 11 heteroatoms. The van der Waals surface area contributed by atoms with Gasteiger partial charge in [-0.15, -0.1) is 11.3 Å². The molecule has 0 saturated carbocycles. The summed E-state index contributed by atoms with van der Waals surface area (Å²) in [5.41, 5.74) is 0. The lowest BCUT2D eigenvalue weighted by Gasteiger charge is -2.40. The minimum absolute atomic E-state index is 0.0760. The summed E-state index contributed by atoms with van der Waals surface area (Å²) < 4.78 is 54.6. The highest BCUT2D eigenvalue weighted by molar-refractivity contribution is 7.89. The van der Waals surface area contributed by atoms with Crippen LogP contribution in [-0.2, 0) is 14.8 Å². The molecule has 0 spiro atoms. The maximum Gasteiger partial charge on any atom is 0.264 e. The monoisotopic (exact) mass is 483 g/mol. The molecule has 0 aliphatic carbocycles. The maximum atomic E-state index is 14.0. The largest absolute Gasteiger partial charge is 0.338 e. The van der Waals surface area contributed by atoms with Crippen molar-refractivity contribution in [2.45, 2.75) is 30.2 Å². The molecule has 1 aromatic heterocycles. The third kappa shape index (κ3) is 4.28. The number of rotatable bonds is 4. The number of hydrogen-bond donors (Lipinski definition) is 0. The third-order valence-electron chi connectivity index (χ3n) is 5.85. The van der Waals surface area contributed by atoms with E-state index in [0.717, 1.165) is 35.3 Å². The lowest BCUT2D eigenvalue weighted by Crippen LogP contribution is -2.57. The van der Waals surface area contributed by atoms with Gasteiger partial charge in [0.2, 0.25) is 15.9 Å². The van der Waals surface area contributed by atoms with Crippen molar-refractivity contribution in [3.05, 3.63) is 52.2 Å². The SMILES string of the molecule is O=C([C@H]1CCCCN1C(=O)c1cccs1)N1CCN(S(=O)(=O)c2c(F)cccc2F)CC1. The lowest BCUT2D eigenvalue weighted by molar-refractivity contribution is -0.138. The molecule has 2 fully saturated rings. The molecular formula is C21H23F2N3O4S2. The van der Waals surface area contributed by atoms with Crippen molar-refractivity contribution in [2.75, 3.05) is 32.7 Å². The van der Waals surface area contributed by atoms with E-state index in [1.54, 1.807) is 17.0 Å². The molecule has 3 heterocycles. The van der Waals surface area contributed by atoms with E-state index in [4.69, 9.17) is 0 Å². The highest BCUT2D eigenvalue weighted by Gasteiger charge is 2.39. The summed E-state index contributed by atoms with van der Waals surface area (Å²) in [5.74, 6) is -2.68. The van der Waals surface area contributed by atoms with Gasteiger partial charge >= 0.3 is 0 Å². The van der Waals surface area contributed by atoms with Crippen molar-refractivity contribution >= 4 is 33.2 Å². The zero-order valence-corrected chi connectivity index (χ0v) is 18.9. The molecule has 0 unspecified atom stereocenters. The van der Waals surface area contributed by atoms with Crippen molar-refractivity contribution in [1.82, 2.24) is 14.1 Å². The number of piperazine rings is 1. The second-order valence-corrected chi connectivity index (χ2v) is 10.6. The number of benzene rings is 1. The highest BCUT2D eigenvalue weighted by atomic mass is 32.2. The summed E-state index contributed by atoms with van der Waals surface area (Å²) in [5, 5.41) is 1.81. The number of hydrogen-bond acceptors (Lipinski definition) is 5. The van der Waals surface area contributed by atoms with Gasteiger partial charge in [0.15, 0.2) is 4.90 Å². The first-order valence-corrected chi connectivity index (χ1v) is 12.7. The predicted octanol–water partition coefficient (Wildman–Crippen LogP) is 2.55. The number of carbonyl (C=O) groups is 2. The minimum Gasteiger partial charge on any atom is -0.338 e. The lowest BCUT2D eigenvalue weighted by atomic mass is 10.00. The Hall–Kier alpha value is -2.37. The first kappa shape index (κ1) is 22.8. The minimum atomic E-state index is -4.37. The number of nitrogens with zero attached hydrogens (tertiary/aromatic N) is 3. The zero-order chi connectivity index (χ0) is 22.9. The van der Waals surface area contributed by atoms with Crippen molar-refractivity contribution in [3.63, 3.8) is 0 Å². The number of carbonyl (C=O) groups excluding carboxylic acids is 2. The molecule has 0 N–H and O–H groups in total. The Balaban J connectivity index is 1.45. The van der Waals surface area contributed by atoms with Crippen LogP contribution in [0.25, 0.3) is 0 Å². The van der Waals surface area contributed by atoms with Crippen LogP contribution in [0.3, 0.4) is 0 Å². The number of halogens is 2. The molecule has 1 aromatic carbocycles. The van der Waals surface area contributed by atoms with E-state index >= 15 is 0 Å². The average molecular weight is 484 g/mol. The Morgan fingerprint density at radius 3 is 2.25 bits per heavy atom. The van der Waals surface area contributed by atoms with Crippen molar-refractivity contribution in [2.24, 2.45) is 0 Å². The molecule has 1 atom stereocenters. The number of piperidine rings is 1. The molecule has 2 amide bonds. The standard InChI is InChI=1S/C21H23F2N3O4S2/c22-15-5-3-6-16(23)19(15)32(29,30)25-12-10-24(11-13-25)20(27)17-7-1-2-9-26(17)21(28)18-8-4-14-31-18/h3-6,8,14,17H,1-2,7,9-13H2/t17-/m1/s1. The summed E-state index contributed by atoms with van der Waals surface area (Å²) in [6.45, 7) is 0.520. The number of sulfonamides is 1. The molecule has 0 radical (unpaired) electrons. The second kappa shape index (κ2) is 9.24. The summed E-state index contributed by atoms with van der Waals surface area (Å²) in [4.78, 5) is 28.8. The van der Waals surface area contributed by atoms with E-state index < -0.39 is 32.6 Å². The van der Waals surface area contributed by atoms with Gasteiger partial charge in [-0.25, -0.2) is 17.2 Å². The van der Waals surface area contributed by atoms with Crippen LogP contribution in [0.1, 0.15) is 28.9 Å². The van der Waals surface area contributed by atoms with Gasteiger partial charge in [-0.1, -0.05) is 12.1 Å². The summed E-state index contributed by atoms with van der Waals surface area (Å²) in [6, 6.07) is 5.83. The Bertz CT molecular complexity index is 1080. The van der Waals surface area contributed by atoms with Gasteiger partial charge in [-0.2, -0.15) is 4.31 Å². The Morgan fingerprint density at radius 2 is 1.62 bits per heavy atom. The predicted molar refractivity (Wildman–Crippen MR) is 115 cm³/mol. The smallest absolute Gasteiger partial charge is 0.264 e. The van der Waals surface area contributed by atoms with Crippen LogP contribution < -0.4 is 0 Å². The Kier molecular flexibility index (Phi) is 6.59. The molecule has 0 bridgehead atoms. The van der Waals surface area contributed by atoms with Gasteiger partial charge in [-0.05, 0) is 42.8 Å². The summed E-state index contributed by atoms with van der Waals surface area (Å²) >= 11 is 1.33. The Morgan fingerprint density at radius 1 is 0.938 bits per heavy atom. The molecule has 2 aromatic rings. The second-order valence-electron chi connectivity index (χ2n) is 7.77. The fourth-order valence-corrected chi connectivity index (χ4v) is 6.40. The van der Waals surface area contributed by atoms with E-state index in [2.05, 4.69) is 0 Å². The maximum absolute atomic E-state index is 14.0. The topological polar surface area (TPSA) is 78.0 Å². The van der Waals surface area contributed by atoms with Gasteiger partial charge < -0.3 is 9.80 Å². The van der Waals surface area contributed by atoms with E-state index in [0.29, 0.717) is 17.8 Å². The number of amides is 2. The van der Waals surface area contributed by atoms with E-state index in [-0.39, 0.29) is 38.0 Å². The molecular weight excluding hydrogens is 460 g/mol. The Labute approximate surface area is 189 Å². The van der Waals surface area contributed by atoms with Crippen molar-refractivity contribution < 1.29 is 26.8 Å². The van der Waals surface area contributed by atoms with Gasteiger partial charge in [0.05, 0.1) is 4.88 Å². The molecule has 2 saturated heterocycles. The quantitative estimate of drug-likeness (QED) is 0.670. The molecule has 2 aliphatic heterocycles. The molecule has 7 nitrogen and oxygen atoms in total. The van der Waals surface area contributed by atoms with Crippen LogP contribution in [0, 0.1) is 11.6 Å². The van der Waals surface area contributed by atoms with Crippen LogP contribution in [-0.4, -0.2) is 73.1 Å². The molecule has 172 valence electrons. The van der Waals surface area contributed by atoms with Gasteiger partial charge in [0.25, 0.3) is 5.91 Å². The number of likely N-dealkylation sites (tertiary alicyclic amines) is 1. The normalized spacial score (nSPS) is 20.4. The summed E-state index contributed by atoms with van der Waals surface area (Å²) in [6.07, 6.45) is 2.20. The molecule has 32 heavy (non-hydrogen) atoms. The van der Waals surface area contributed by atoms with E-state index in [1.165, 1.54) is 16.2 Å². The van der Waals surface area contributed by atoms with Gasteiger partial charge in [0, 0.05) is 32.7 Å². The van der Waals surface area contributed by atoms with Crippen LogP contribution in [0.4, 0.5) is 8.78 Å². The van der Waals surface area contributed by atoms with Crippen LogP contribution in [0.5, 0.6) is 0 Å². The highest BCUT2D eigenvalue weighted by Crippen LogP contribution is 2.26. The van der Waals surface area contributed by atoms with Crippen molar-refractivity contribution in [3.8, 4) is 0 Å². The summed E-state index contributed by atoms with van der Waals surface area (Å²) in [7, 11) is -4.37. The van der Waals surface area contributed by atoms with Gasteiger partial charge in [-0.3, -0.25) is 9.59 Å². The first-order valence-electron chi connectivity index (χ1n) is 10.4. The van der Waals surface area contributed by atoms with E-state index in [9.17, 15) is 26.8 Å². The molecule has 4 rings (SSSR count). The van der Waals surface area contributed by atoms with Crippen LogP contribution in [0.2, 0.25) is 0 Å². The van der Waals surface area contributed by atoms with E-state index in [1.807, 2.05) is 5.38 Å². The number of thiophene rings is 1.